The fraction of sp³-hybridized carbons (Fsp3) is 0.409. The minimum Gasteiger partial charge on any atom is -0.446 e. The topological polar surface area (TPSA) is 35.5 Å². The highest BCUT2D eigenvalue weighted by Gasteiger charge is 2.64. The summed E-state index contributed by atoms with van der Waals surface area (Å²) in [4.78, 5) is 13.1. The van der Waals surface area contributed by atoms with E-state index in [1.54, 1.807) is 0 Å². The zero-order valence-electron chi connectivity index (χ0n) is 15.0. The van der Waals surface area contributed by atoms with Crippen LogP contribution in [0.15, 0.2) is 60.7 Å². The standard InChI is InChI=1S/C22H24O3/c1-20(2)18-14-15-21(3,25-20)22(24-19(18)23,16-10-6-4-7-11-16)17-12-8-5-9-13-17/h4-13,18H,14-15H2,1-3H3/t18-,21+/m0/s1. The van der Waals surface area contributed by atoms with Gasteiger partial charge in [-0.2, -0.15) is 0 Å². The number of fused-ring (bicyclic) bond motifs is 4. The highest BCUT2D eigenvalue weighted by atomic mass is 16.6. The molecule has 0 N–H and O–H groups in total. The molecule has 0 radical (unpaired) electrons. The number of esters is 1. The number of rotatable bonds is 2. The van der Waals surface area contributed by atoms with Crippen LogP contribution in [0.1, 0.15) is 44.7 Å². The molecule has 0 aromatic heterocycles. The Hall–Kier alpha value is -2.13. The van der Waals surface area contributed by atoms with Crippen LogP contribution in [0.25, 0.3) is 0 Å². The van der Waals surface area contributed by atoms with Crippen LogP contribution in [-0.4, -0.2) is 17.2 Å². The zero-order chi connectivity index (χ0) is 17.7. The van der Waals surface area contributed by atoms with E-state index in [2.05, 4.69) is 6.92 Å². The molecule has 5 rings (SSSR count). The molecule has 3 saturated heterocycles. The lowest BCUT2D eigenvalue weighted by atomic mass is 9.69. The van der Waals surface area contributed by atoms with Crippen molar-refractivity contribution in [3.63, 3.8) is 0 Å². The summed E-state index contributed by atoms with van der Waals surface area (Å²) in [7, 11) is 0. The molecule has 3 heterocycles. The van der Waals surface area contributed by atoms with Crippen LogP contribution in [0.2, 0.25) is 0 Å². The van der Waals surface area contributed by atoms with Crippen molar-refractivity contribution in [2.45, 2.75) is 50.4 Å². The summed E-state index contributed by atoms with van der Waals surface area (Å²) < 4.78 is 13.0. The minimum atomic E-state index is -0.949. The molecule has 3 aliphatic heterocycles. The van der Waals surface area contributed by atoms with Crippen molar-refractivity contribution in [3.05, 3.63) is 71.8 Å². The van der Waals surface area contributed by atoms with Gasteiger partial charge in [-0.3, -0.25) is 4.79 Å². The third kappa shape index (κ3) is 2.26. The van der Waals surface area contributed by atoms with Gasteiger partial charge in [0.1, 0.15) is 5.60 Å². The van der Waals surface area contributed by atoms with Crippen molar-refractivity contribution >= 4 is 5.97 Å². The minimum absolute atomic E-state index is 0.168. The van der Waals surface area contributed by atoms with E-state index in [1.807, 2.05) is 74.5 Å². The average Bonchev–Trinajstić information content (AvgIpc) is 2.75. The van der Waals surface area contributed by atoms with Gasteiger partial charge in [-0.25, -0.2) is 0 Å². The van der Waals surface area contributed by atoms with E-state index >= 15 is 0 Å². The monoisotopic (exact) mass is 336 g/mol. The molecule has 25 heavy (non-hydrogen) atoms. The third-order valence-electron chi connectivity index (χ3n) is 5.88. The SMILES string of the molecule is CC1(C)O[C@]2(C)CC[C@H]1C(=O)OC2(c1ccccc1)c1ccccc1. The summed E-state index contributed by atoms with van der Waals surface area (Å²) in [5.74, 6) is -0.409. The molecule has 2 atom stereocenters. The lowest BCUT2D eigenvalue weighted by Crippen LogP contribution is -2.57. The molecule has 2 aromatic rings. The number of hydrogen-bond acceptors (Lipinski definition) is 3. The Balaban J connectivity index is 2.02. The Morgan fingerprint density at radius 1 is 0.880 bits per heavy atom. The van der Waals surface area contributed by atoms with Gasteiger partial charge < -0.3 is 9.47 Å². The first-order valence-electron chi connectivity index (χ1n) is 8.93. The largest absolute Gasteiger partial charge is 0.446 e. The summed E-state index contributed by atoms with van der Waals surface area (Å²) in [6.45, 7) is 6.09. The predicted molar refractivity (Wildman–Crippen MR) is 96.0 cm³/mol. The molecule has 0 unspecified atom stereocenters. The van der Waals surface area contributed by atoms with Gasteiger partial charge in [0.25, 0.3) is 0 Å². The normalized spacial score (nSPS) is 29.7. The second-order valence-electron chi connectivity index (χ2n) is 7.86. The summed E-state index contributed by atoms with van der Waals surface area (Å²) >= 11 is 0. The zero-order valence-corrected chi connectivity index (χ0v) is 15.0. The first-order chi connectivity index (χ1) is 11.9. The fourth-order valence-electron chi connectivity index (χ4n) is 4.69. The lowest BCUT2D eigenvalue weighted by Gasteiger charge is -2.50. The number of hydrogen-bond donors (Lipinski definition) is 0. The Kier molecular flexibility index (Phi) is 3.55. The Bertz CT molecular complexity index is 742. The van der Waals surface area contributed by atoms with Gasteiger partial charge in [0.2, 0.25) is 0 Å². The van der Waals surface area contributed by atoms with Crippen LogP contribution in [0.3, 0.4) is 0 Å². The summed E-state index contributed by atoms with van der Waals surface area (Å²) in [5, 5.41) is 0. The van der Waals surface area contributed by atoms with E-state index in [1.165, 1.54) is 0 Å². The van der Waals surface area contributed by atoms with Crippen molar-refractivity contribution < 1.29 is 14.3 Å². The first-order valence-corrected chi connectivity index (χ1v) is 8.93. The Morgan fingerprint density at radius 3 is 1.88 bits per heavy atom. The van der Waals surface area contributed by atoms with Crippen LogP contribution >= 0.6 is 0 Å². The Labute approximate surface area is 149 Å². The highest BCUT2D eigenvalue weighted by molar-refractivity contribution is 5.76. The van der Waals surface area contributed by atoms with Crippen molar-refractivity contribution in [2.24, 2.45) is 5.92 Å². The second kappa shape index (κ2) is 5.43. The van der Waals surface area contributed by atoms with Gasteiger partial charge in [0, 0.05) is 11.1 Å². The molecule has 2 bridgehead atoms. The van der Waals surface area contributed by atoms with Gasteiger partial charge in [0.05, 0.1) is 11.5 Å². The van der Waals surface area contributed by atoms with Crippen LogP contribution in [0.5, 0.6) is 0 Å². The van der Waals surface area contributed by atoms with Crippen LogP contribution in [-0.2, 0) is 19.9 Å². The summed E-state index contributed by atoms with van der Waals surface area (Å²) in [5.41, 5.74) is -0.224. The number of carbonyl (C=O) groups excluding carboxylic acids is 1. The molecule has 3 aliphatic rings. The van der Waals surface area contributed by atoms with E-state index < -0.39 is 16.8 Å². The fourth-order valence-corrected chi connectivity index (χ4v) is 4.69. The molecular weight excluding hydrogens is 312 g/mol. The van der Waals surface area contributed by atoms with E-state index in [0.717, 1.165) is 24.0 Å². The van der Waals surface area contributed by atoms with Crippen LogP contribution < -0.4 is 0 Å². The quantitative estimate of drug-likeness (QED) is 0.760. The number of ether oxygens (including phenoxy) is 2. The smallest absolute Gasteiger partial charge is 0.313 e. The molecule has 2 aromatic carbocycles. The number of carbonyl (C=O) groups is 1. The van der Waals surface area contributed by atoms with E-state index in [9.17, 15) is 4.79 Å². The van der Waals surface area contributed by atoms with E-state index in [0.29, 0.717) is 0 Å². The van der Waals surface area contributed by atoms with E-state index in [4.69, 9.17) is 9.47 Å². The molecule has 0 aliphatic carbocycles. The van der Waals surface area contributed by atoms with Gasteiger partial charge in [-0.05, 0) is 33.6 Å². The van der Waals surface area contributed by atoms with Crippen LogP contribution in [0.4, 0.5) is 0 Å². The van der Waals surface area contributed by atoms with E-state index in [-0.39, 0.29) is 11.9 Å². The predicted octanol–water partition coefficient (Wildman–Crippen LogP) is 4.45. The van der Waals surface area contributed by atoms with Crippen LogP contribution in [0, 0.1) is 5.92 Å². The molecular formula is C22H24O3. The van der Waals surface area contributed by atoms with Crippen molar-refractivity contribution in [1.29, 1.82) is 0 Å². The first kappa shape index (κ1) is 16.3. The third-order valence-corrected chi connectivity index (χ3v) is 5.88. The maximum Gasteiger partial charge on any atom is 0.313 e. The average molecular weight is 336 g/mol. The maximum absolute atomic E-state index is 13.1. The summed E-state index contributed by atoms with van der Waals surface area (Å²) in [6.07, 6.45) is 1.56. The lowest BCUT2D eigenvalue weighted by molar-refractivity contribution is -0.223. The molecule has 0 amide bonds. The second-order valence-corrected chi connectivity index (χ2v) is 7.86. The molecule has 3 nitrogen and oxygen atoms in total. The van der Waals surface area contributed by atoms with Crippen molar-refractivity contribution in [3.8, 4) is 0 Å². The number of benzene rings is 2. The van der Waals surface area contributed by atoms with Gasteiger partial charge in [-0.15, -0.1) is 0 Å². The molecule has 130 valence electrons. The van der Waals surface area contributed by atoms with Gasteiger partial charge in [0.15, 0.2) is 5.60 Å². The molecule has 0 spiro atoms. The Morgan fingerprint density at radius 2 is 1.40 bits per heavy atom. The van der Waals surface area contributed by atoms with Gasteiger partial charge >= 0.3 is 5.97 Å². The molecule has 3 fully saturated rings. The highest BCUT2D eigenvalue weighted by Crippen LogP contribution is 2.56. The molecule has 0 saturated carbocycles. The molecule has 3 heteroatoms. The van der Waals surface area contributed by atoms with Crippen molar-refractivity contribution in [1.82, 2.24) is 0 Å². The van der Waals surface area contributed by atoms with Crippen molar-refractivity contribution in [2.75, 3.05) is 0 Å². The van der Waals surface area contributed by atoms with Gasteiger partial charge in [-0.1, -0.05) is 60.7 Å². The maximum atomic E-state index is 13.1. The summed E-state index contributed by atoms with van der Waals surface area (Å²) in [6, 6.07) is 20.0.